The van der Waals surface area contributed by atoms with Crippen LogP contribution in [-0.2, 0) is 28.6 Å². The number of carbonyl (C=O) groups excluding carboxylic acids is 3. The van der Waals surface area contributed by atoms with E-state index in [-0.39, 0.29) is 31.1 Å². The van der Waals surface area contributed by atoms with Crippen molar-refractivity contribution in [3.8, 4) is 0 Å². The maximum atomic E-state index is 12.9. The van der Waals surface area contributed by atoms with Gasteiger partial charge in [0.2, 0.25) is 0 Å². The van der Waals surface area contributed by atoms with E-state index >= 15 is 0 Å². The summed E-state index contributed by atoms with van der Waals surface area (Å²) in [4.78, 5) is 38.2. The molecule has 0 saturated carbocycles. The number of hydrogen-bond donors (Lipinski definition) is 0. The molecule has 1 atom stereocenters. The Kier molecular flexibility index (Phi) is 53.4. The third kappa shape index (κ3) is 54.9. The lowest BCUT2D eigenvalue weighted by Gasteiger charge is -2.18. The van der Waals surface area contributed by atoms with Crippen molar-refractivity contribution in [3.05, 3.63) is 109 Å². The summed E-state index contributed by atoms with van der Waals surface area (Å²) in [5, 5.41) is 0. The normalized spacial score (nSPS) is 12.9. The highest BCUT2D eigenvalue weighted by molar-refractivity contribution is 5.71. The summed E-state index contributed by atoms with van der Waals surface area (Å²) in [6, 6.07) is 0. The molecule has 0 aliphatic carbocycles. The molecular formula is C63H104O6. The molecule has 0 N–H and O–H groups in total. The van der Waals surface area contributed by atoms with Crippen LogP contribution in [0.15, 0.2) is 109 Å². The predicted molar refractivity (Wildman–Crippen MR) is 297 cm³/mol. The molecule has 0 spiro atoms. The minimum absolute atomic E-state index is 0.102. The lowest BCUT2D eigenvalue weighted by atomic mass is 10.0. The Morgan fingerprint density at radius 3 is 1.09 bits per heavy atom. The summed E-state index contributed by atoms with van der Waals surface area (Å²) in [6.07, 6.45) is 76.4. The smallest absolute Gasteiger partial charge is 0.306 e. The topological polar surface area (TPSA) is 78.9 Å². The quantitative estimate of drug-likeness (QED) is 0.0199. The monoisotopic (exact) mass is 957 g/mol. The second-order valence-electron chi connectivity index (χ2n) is 18.6. The van der Waals surface area contributed by atoms with Gasteiger partial charge in [-0.1, -0.05) is 265 Å². The van der Waals surface area contributed by atoms with E-state index in [1.54, 1.807) is 0 Å². The van der Waals surface area contributed by atoms with Crippen molar-refractivity contribution in [2.24, 2.45) is 0 Å². The van der Waals surface area contributed by atoms with E-state index in [1.165, 1.54) is 96.3 Å². The average Bonchev–Trinajstić information content (AvgIpc) is 3.35. The molecular weight excluding hydrogens is 853 g/mol. The number of carbonyl (C=O) groups is 3. The van der Waals surface area contributed by atoms with Crippen LogP contribution in [0, 0.1) is 0 Å². The van der Waals surface area contributed by atoms with Crippen molar-refractivity contribution in [2.75, 3.05) is 13.2 Å². The van der Waals surface area contributed by atoms with Crippen molar-refractivity contribution < 1.29 is 28.6 Å². The number of allylic oxidation sites excluding steroid dienone is 18. The summed E-state index contributed by atoms with van der Waals surface area (Å²) in [7, 11) is 0. The minimum atomic E-state index is -0.803. The van der Waals surface area contributed by atoms with Crippen molar-refractivity contribution in [1.82, 2.24) is 0 Å². The van der Waals surface area contributed by atoms with Gasteiger partial charge in [0, 0.05) is 19.3 Å². The second kappa shape index (κ2) is 56.7. The molecule has 0 bridgehead atoms. The maximum Gasteiger partial charge on any atom is 0.306 e. The number of ether oxygens (including phenoxy) is 3. The molecule has 0 saturated heterocycles. The van der Waals surface area contributed by atoms with Crippen molar-refractivity contribution >= 4 is 17.9 Å². The fraction of sp³-hybridized carbons (Fsp3) is 0.667. The first-order valence-electron chi connectivity index (χ1n) is 28.5. The first-order chi connectivity index (χ1) is 34.0. The van der Waals surface area contributed by atoms with E-state index < -0.39 is 6.10 Å². The Labute approximate surface area is 425 Å². The third-order valence-corrected chi connectivity index (χ3v) is 11.9. The molecule has 0 aliphatic rings. The molecule has 0 aromatic rings. The zero-order valence-electron chi connectivity index (χ0n) is 44.8. The molecule has 0 fully saturated rings. The van der Waals surface area contributed by atoms with Crippen LogP contribution in [0.4, 0.5) is 0 Å². The van der Waals surface area contributed by atoms with Crippen LogP contribution in [0.5, 0.6) is 0 Å². The summed E-state index contributed by atoms with van der Waals surface area (Å²) in [6.45, 7) is 6.40. The fourth-order valence-electron chi connectivity index (χ4n) is 7.64. The molecule has 0 radical (unpaired) electrons. The van der Waals surface area contributed by atoms with Gasteiger partial charge in [0.25, 0.3) is 0 Å². The first-order valence-corrected chi connectivity index (χ1v) is 28.5. The van der Waals surface area contributed by atoms with Crippen LogP contribution < -0.4 is 0 Å². The highest BCUT2D eigenvalue weighted by atomic mass is 16.6. The molecule has 6 nitrogen and oxygen atoms in total. The van der Waals surface area contributed by atoms with Crippen LogP contribution in [0.3, 0.4) is 0 Å². The lowest BCUT2D eigenvalue weighted by molar-refractivity contribution is -0.167. The van der Waals surface area contributed by atoms with Crippen LogP contribution in [0.1, 0.15) is 252 Å². The van der Waals surface area contributed by atoms with Crippen molar-refractivity contribution in [1.29, 1.82) is 0 Å². The molecule has 0 heterocycles. The average molecular weight is 958 g/mol. The Balaban J connectivity index is 4.49. The first kappa shape index (κ1) is 65.1. The van der Waals surface area contributed by atoms with Gasteiger partial charge in [-0.3, -0.25) is 14.4 Å². The van der Waals surface area contributed by atoms with Gasteiger partial charge >= 0.3 is 17.9 Å². The molecule has 0 aromatic carbocycles. The molecule has 0 aromatic heterocycles. The van der Waals surface area contributed by atoms with Crippen molar-refractivity contribution in [3.63, 3.8) is 0 Å². The van der Waals surface area contributed by atoms with Gasteiger partial charge in [0.1, 0.15) is 13.2 Å². The standard InChI is InChI=1S/C63H104O6/c1-4-7-10-13-16-19-22-25-28-31-33-35-38-41-44-47-50-53-56-62(65)68-59-60(58-67-61(64)55-52-49-46-43-40-37-34-30-27-24-21-18-15-12-9-6-3)69-63(66)57-54-51-48-45-42-39-36-32-29-26-23-20-17-14-11-8-5-2/h9-10,12-13,16,18-19,21-22,25,27-28,30-31,33,35,37,40,60H,4-8,11,14-15,17,20,23-24,26,29,32,34,36,38-39,41-59H2,1-3H3/b12-9-,13-10-,19-16-,21-18-,25-22-,30-27-,31-28-,35-33-,40-37-. The van der Waals surface area contributed by atoms with E-state index in [0.29, 0.717) is 19.3 Å². The Bertz CT molecular complexity index is 1420. The van der Waals surface area contributed by atoms with Crippen LogP contribution >= 0.6 is 0 Å². The molecule has 0 amide bonds. The van der Waals surface area contributed by atoms with E-state index in [0.717, 1.165) is 116 Å². The largest absolute Gasteiger partial charge is 0.462 e. The summed E-state index contributed by atoms with van der Waals surface area (Å²) in [5.74, 6) is -0.952. The predicted octanol–water partition coefficient (Wildman–Crippen LogP) is 19.1. The maximum absolute atomic E-state index is 12.9. The Morgan fingerprint density at radius 2 is 0.652 bits per heavy atom. The zero-order valence-corrected chi connectivity index (χ0v) is 44.8. The van der Waals surface area contributed by atoms with Gasteiger partial charge in [0.15, 0.2) is 6.10 Å². The van der Waals surface area contributed by atoms with Gasteiger partial charge in [-0.2, -0.15) is 0 Å². The molecule has 6 heteroatoms. The SMILES string of the molecule is CC/C=C\C/C=C\C/C=C\C/C=C\CCCCCC(=O)OCC(COC(=O)CCCCCCC\C=C/C=C\C=C/C=C\C=C/CCC)OC(=O)CCCCCCCCCCCCCCCCCCC. The number of unbranched alkanes of at least 4 members (excludes halogenated alkanes) is 25. The van der Waals surface area contributed by atoms with Crippen molar-refractivity contribution in [2.45, 2.75) is 258 Å². The molecule has 1 unspecified atom stereocenters. The second-order valence-corrected chi connectivity index (χ2v) is 18.6. The van der Waals surface area contributed by atoms with Crippen LogP contribution in [-0.4, -0.2) is 37.2 Å². The highest BCUT2D eigenvalue weighted by Crippen LogP contribution is 2.16. The van der Waals surface area contributed by atoms with E-state index in [2.05, 4.69) is 106 Å². The molecule has 0 aliphatic heterocycles. The summed E-state index contributed by atoms with van der Waals surface area (Å²) in [5.41, 5.74) is 0. The van der Waals surface area contributed by atoms with Gasteiger partial charge in [-0.25, -0.2) is 0 Å². The van der Waals surface area contributed by atoms with E-state index in [4.69, 9.17) is 14.2 Å². The molecule has 0 rings (SSSR count). The van der Waals surface area contributed by atoms with E-state index in [1.807, 2.05) is 24.3 Å². The van der Waals surface area contributed by atoms with Crippen LogP contribution in [0.25, 0.3) is 0 Å². The van der Waals surface area contributed by atoms with E-state index in [9.17, 15) is 14.4 Å². The summed E-state index contributed by atoms with van der Waals surface area (Å²) < 4.78 is 16.8. The number of esters is 3. The Hall–Kier alpha value is -3.93. The van der Waals surface area contributed by atoms with Crippen LogP contribution in [0.2, 0.25) is 0 Å². The zero-order chi connectivity index (χ0) is 50.0. The minimum Gasteiger partial charge on any atom is -0.462 e. The van der Waals surface area contributed by atoms with Gasteiger partial charge in [0.05, 0.1) is 0 Å². The van der Waals surface area contributed by atoms with Gasteiger partial charge in [-0.05, 0) is 77.0 Å². The number of hydrogen-bond acceptors (Lipinski definition) is 6. The Morgan fingerprint density at radius 1 is 0.319 bits per heavy atom. The summed E-state index contributed by atoms with van der Waals surface area (Å²) >= 11 is 0. The molecule has 392 valence electrons. The fourth-order valence-corrected chi connectivity index (χ4v) is 7.64. The number of rotatable bonds is 50. The third-order valence-electron chi connectivity index (χ3n) is 11.9. The van der Waals surface area contributed by atoms with Gasteiger partial charge < -0.3 is 14.2 Å². The highest BCUT2D eigenvalue weighted by Gasteiger charge is 2.19. The molecule has 69 heavy (non-hydrogen) atoms. The lowest BCUT2D eigenvalue weighted by Crippen LogP contribution is -2.30. The van der Waals surface area contributed by atoms with Gasteiger partial charge in [-0.15, -0.1) is 0 Å².